The Kier molecular flexibility index (Phi) is 30.9. The molecular weight excluding hydrogens is 771 g/mol. The SMILES string of the molecule is [2H]C([2H])([2H])C([2H])([2H])N(CCCCO)C(CCCCCSCC(CCCCCC)OC(=O)CCC1CCCCC1)CCCCCSCC(CCCCCC)OC(=O)CCC1CCCCC1. The van der Waals surface area contributed by atoms with E-state index in [4.69, 9.17) is 16.3 Å². The Balaban J connectivity index is 1.88. The maximum atomic E-state index is 12.9. The van der Waals surface area contributed by atoms with Crippen LogP contribution in [0.5, 0.6) is 0 Å². The van der Waals surface area contributed by atoms with Crippen LogP contribution in [-0.2, 0) is 19.1 Å². The standard InChI is InChI=1S/C51H97NO5S2/c1-4-7-9-21-33-48(56-50(54)37-35-45-27-15-11-16-28-45)43-58-41-25-13-19-31-47(52(6-3)39-23-24-40-53)32-20-14-26-42-59-44-49(34-22-10-8-5-2)57-51(55)38-36-46-29-17-12-18-30-46/h45-49,53H,4-44H2,1-3H3/i3D3,6D2. The first-order chi connectivity index (χ1) is 30.9. The van der Waals surface area contributed by atoms with E-state index >= 15 is 0 Å². The number of unbranched alkanes of at least 4 members (excludes halogenated alkanes) is 11. The Morgan fingerprint density at radius 1 is 0.627 bits per heavy atom. The number of aliphatic hydroxyl groups excluding tert-OH is 1. The second kappa shape index (κ2) is 39.2. The van der Waals surface area contributed by atoms with Crippen molar-refractivity contribution in [3.8, 4) is 0 Å². The minimum absolute atomic E-state index is 0.00311. The van der Waals surface area contributed by atoms with Crippen molar-refractivity contribution in [3.63, 3.8) is 0 Å². The van der Waals surface area contributed by atoms with Gasteiger partial charge in [-0.15, -0.1) is 0 Å². The number of nitrogens with zero attached hydrogens (tertiary/aromatic N) is 1. The van der Waals surface area contributed by atoms with Gasteiger partial charge in [-0.25, -0.2) is 0 Å². The molecule has 2 atom stereocenters. The molecule has 2 fully saturated rings. The number of hydrogen-bond acceptors (Lipinski definition) is 8. The van der Waals surface area contributed by atoms with Gasteiger partial charge in [0.1, 0.15) is 12.2 Å². The third kappa shape index (κ3) is 30.3. The summed E-state index contributed by atoms with van der Waals surface area (Å²) in [5.74, 6) is 4.89. The van der Waals surface area contributed by atoms with E-state index in [1.54, 1.807) is 4.90 Å². The molecule has 2 saturated carbocycles. The predicted octanol–water partition coefficient (Wildman–Crippen LogP) is 14.5. The van der Waals surface area contributed by atoms with Crippen molar-refractivity contribution in [2.24, 2.45) is 11.8 Å². The third-order valence-corrected chi connectivity index (χ3v) is 15.3. The van der Waals surface area contributed by atoms with Gasteiger partial charge < -0.3 is 19.5 Å². The van der Waals surface area contributed by atoms with Crippen LogP contribution in [0.25, 0.3) is 0 Å². The highest BCUT2D eigenvalue weighted by molar-refractivity contribution is 7.99. The molecule has 0 amide bonds. The zero-order valence-corrected chi connectivity index (χ0v) is 40.1. The predicted molar refractivity (Wildman–Crippen MR) is 258 cm³/mol. The summed E-state index contributed by atoms with van der Waals surface area (Å²) < 4.78 is 54.2. The van der Waals surface area contributed by atoms with Gasteiger partial charge in [0.15, 0.2) is 0 Å². The summed E-state index contributed by atoms with van der Waals surface area (Å²) in [7, 11) is 0. The summed E-state index contributed by atoms with van der Waals surface area (Å²) in [6.07, 6.45) is 35.2. The van der Waals surface area contributed by atoms with Gasteiger partial charge in [-0.05, 0) is 113 Å². The molecule has 348 valence electrons. The molecule has 2 aliphatic rings. The average molecular weight is 874 g/mol. The fourth-order valence-corrected chi connectivity index (χ4v) is 11.3. The Morgan fingerprint density at radius 2 is 1.08 bits per heavy atom. The van der Waals surface area contributed by atoms with Crippen molar-refractivity contribution in [1.29, 1.82) is 0 Å². The topological polar surface area (TPSA) is 76.1 Å². The highest BCUT2D eigenvalue weighted by atomic mass is 32.2. The Labute approximate surface area is 381 Å². The molecule has 2 aliphatic carbocycles. The van der Waals surface area contributed by atoms with Gasteiger partial charge in [-0.2, -0.15) is 23.5 Å². The molecule has 0 spiro atoms. The monoisotopic (exact) mass is 873 g/mol. The summed E-state index contributed by atoms with van der Waals surface area (Å²) in [6, 6.07) is -0.199. The van der Waals surface area contributed by atoms with E-state index in [9.17, 15) is 14.7 Å². The normalized spacial score (nSPS) is 18.7. The molecule has 0 saturated heterocycles. The molecule has 0 heterocycles. The van der Waals surface area contributed by atoms with Crippen molar-refractivity contribution in [1.82, 2.24) is 4.90 Å². The summed E-state index contributed by atoms with van der Waals surface area (Å²) in [5.41, 5.74) is 0. The molecule has 0 radical (unpaired) electrons. The minimum atomic E-state index is -2.78. The number of carbonyl (C=O) groups excluding carboxylic acids is 2. The van der Waals surface area contributed by atoms with Gasteiger partial charge in [0.2, 0.25) is 0 Å². The molecule has 0 bridgehead atoms. The summed E-state index contributed by atoms with van der Waals surface area (Å²) in [5, 5.41) is 9.52. The van der Waals surface area contributed by atoms with E-state index in [1.165, 1.54) is 103 Å². The van der Waals surface area contributed by atoms with E-state index in [1.807, 2.05) is 23.5 Å². The number of hydrogen-bond donors (Lipinski definition) is 1. The van der Waals surface area contributed by atoms with E-state index in [-0.39, 0.29) is 36.8 Å². The third-order valence-electron chi connectivity index (χ3n) is 13.0. The zero-order valence-electron chi connectivity index (χ0n) is 43.5. The van der Waals surface area contributed by atoms with E-state index < -0.39 is 13.3 Å². The molecule has 59 heavy (non-hydrogen) atoms. The molecule has 0 aromatic rings. The van der Waals surface area contributed by atoms with Gasteiger partial charge in [0.05, 0.1) is 0 Å². The summed E-state index contributed by atoms with van der Waals surface area (Å²) in [6.45, 7) is -0.499. The van der Waals surface area contributed by atoms with Gasteiger partial charge in [0.25, 0.3) is 0 Å². The number of carbonyl (C=O) groups is 2. The second-order valence-corrected chi connectivity index (χ2v) is 20.5. The van der Waals surface area contributed by atoms with Crippen LogP contribution < -0.4 is 0 Å². The van der Waals surface area contributed by atoms with Crippen LogP contribution in [-0.4, -0.2) is 82.9 Å². The van der Waals surface area contributed by atoms with Crippen LogP contribution in [0, 0.1) is 11.8 Å². The van der Waals surface area contributed by atoms with Crippen molar-refractivity contribution in [2.45, 2.75) is 257 Å². The average Bonchev–Trinajstić information content (AvgIpc) is 3.28. The number of esters is 2. The lowest BCUT2D eigenvalue weighted by atomic mass is 9.86. The minimum Gasteiger partial charge on any atom is -0.461 e. The van der Waals surface area contributed by atoms with Gasteiger partial charge in [-0.1, -0.05) is 149 Å². The lowest BCUT2D eigenvalue weighted by molar-refractivity contribution is -0.149. The highest BCUT2D eigenvalue weighted by Gasteiger charge is 2.21. The van der Waals surface area contributed by atoms with E-state index in [0.717, 1.165) is 113 Å². The first kappa shape index (κ1) is 46.5. The van der Waals surface area contributed by atoms with E-state index in [0.29, 0.717) is 44.1 Å². The molecule has 0 aromatic carbocycles. The smallest absolute Gasteiger partial charge is 0.306 e. The van der Waals surface area contributed by atoms with Gasteiger partial charge in [0, 0.05) is 43.8 Å². The number of thioether (sulfide) groups is 2. The van der Waals surface area contributed by atoms with Crippen LogP contribution in [0.3, 0.4) is 0 Å². The summed E-state index contributed by atoms with van der Waals surface area (Å²) in [4.78, 5) is 27.4. The van der Waals surface area contributed by atoms with Crippen molar-refractivity contribution >= 4 is 35.5 Å². The lowest BCUT2D eigenvalue weighted by Crippen LogP contribution is -2.36. The fraction of sp³-hybridized carbons (Fsp3) is 0.961. The Bertz CT molecular complexity index is 1080. The van der Waals surface area contributed by atoms with Crippen LogP contribution in [0.1, 0.15) is 246 Å². The Morgan fingerprint density at radius 3 is 1.53 bits per heavy atom. The number of rotatable bonds is 40. The highest BCUT2D eigenvalue weighted by Crippen LogP contribution is 2.29. The summed E-state index contributed by atoms with van der Waals surface area (Å²) >= 11 is 3.74. The lowest BCUT2D eigenvalue weighted by Gasteiger charge is -2.31. The molecule has 6 nitrogen and oxygen atoms in total. The van der Waals surface area contributed by atoms with Crippen LogP contribution in [0.4, 0.5) is 0 Å². The zero-order chi connectivity index (χ0) is 46.7. The number of aliphatic hydroxyl groups is 1. The van der Waals surface area contributed by atoms with Crippen molar-refractivity contribution < 1.29 is 31.0 Å². The van der Waals surface area contributed by atoms with E-state index in [2.05, 4.69) is 13.8 Å². The molecule has 2 rings (SSSR count). The molecule has 0 aromatic heterocycles. The van der Waals surface area contributed by atoms with Crippen molar-refractivity contribution in [3.05, 3.63) is 0 Å². The maximum absolute atomic E-state index is 12.9. The maximum Gasteiger partial charge on any atom is 0.306 e. The largest absolute Gasteiger partial charge is 0.461 e. The number of ether oxygens (including phenoxy) is 2. The van der Waals surface area contributed by atoms with Crippen molar-refractivity contribution in [2.75, 3.05) is 42.7 Å². The molecule has 2 unspecified atom stereocenters. The van der Waals surface area contributed by atoms with Crippen LogP contribution in [0.2, 0.25) is 0 Å². The van der Waals surface area contributed by atoms with Gasteiger partial charge in [-0.3, -0.25) is 9.59 Å². The first-order valence-corrected chi connectivity index (χ1v) is 27.6. The molecule has 1 N–H and O–H groups in total. The first-order valence-electron chi connectivity index (χ1n) is 27.8. The molecule has 0 aliphatic heterocycles. The molecule has 8 heteroatoms. The Hall–Kier alpha value is -0.440. The van der Waals surface area contributed by atoms with Crippen LogP contribution >= 0.6 is 23.5 Å². The van der Waals surface area contributed by atoms with Crippen LogP contribution in [0.15, 0.2) is 0 Å². The quantitative estimate of drug-likeness (QED) is 0.0482. The second-order valence-electron chi connectivity index (χ2n) is 18.2. The van der Waals surface area contributed by atoms with Gasteiger partial charge >= 0.3 is 11.9 Å². The molecular formula is C51H97NO5S2. The fourth-order valence-electron chi connectivity index (χ4n) is 9.17.